The first-order chi connectivity index (χ1) is 6.13. The molecule has 0 atom stereocenters. The number of nitrogens with one attached hydrogen (secondary N) is 1. The summed E-state index contributed by atoms with van der Waals surface area (Å²) in [5, 5.41) is 10.6. The van der Waals surface area contributed by atoms with Crippen LogP contribution in [0.15, 0.2) is 22.7 Å². The zero-order chi connectivity index (χ0) is 9.84. The smallest absolute Gasteiger partial charge is 0.409 e. The third kappa shape index (κ3) is 2.55. The van der Waals surface area contributed by atoms with Crippen molar-refractivity contribution in [1.29, 1.82) is 0 Å². The van der Waals surface area contributed by atoms with Gasteiger partial charge in [0, 0.05) is 10.0 Å². The van der Waals surface area contributed by atoms with Crippen molar-refractivity contribution < 1.29 is 14.7 Å². The summed E-state index contributed by atoms with van der Waals surface area (Å²) in [6, 6.07) is 4.72. The highest BCUT2D eigenvalue weighted by molar-refractivity contribution is 9.10. The van der Waals surface area contributed by atoms with Crippen molar-refractivity contribution in [2.45, 2.75) is 0 Å². The molecular weight excluding hydrogens is 238 g/mol. The Morgan fingerprint density at radius 1 is 1.54 bits per heavy atom. The van der Waals surface area contributed by atoms with E-state index < -0.39 is 6.09 Å². The second-order valence-electron chi connectivity index (χ2n) is 2.28. The molecule has 0 unspecified atom stereocenters. The Labute approximate surface area is 82.7 Å². The number of carbonyl (C=O) groups excluding carboxylic acids is 1. The highest BCUT2D eigenvalue weighted by atomic mass is 79.9. The van der Waals surface area contributed by atoms with Gasteiger partial charge in [-0.05, 0) is 18.2 Å². The molecule has 0 spiro atoms. The lowest BCUT2D eigenvalue weighted by atomic mass is 10.2. The third-order valence-corrected chi connectivity index (χ3v) is 1.88. The zero-order valence-corrected chi connectivity index (χ0v) is 8.04. The first kappa shape index (κ1) is 9.73. The number of amides is 1. The molecule has 0 aliphatic heterocycles. The molecule has 1 rings (SSSR count). The van der Waals surface area contributed by atoms with Crippen LogP contribution in [0.5, 0.6) is 0 Å². The predicted molar refractivity (Wildman–Crippen MR) is 51.2 cm³/mol. The van der Waals surface area contributed by atoms with Crippen LogP contribution in [0.1, 0.15) is 10.4 Å². The van der Waals surface area contributed by atoms with Crippen molar-refractivity contribution >= 4 is 34.0 Å². The van der Waals surface area contributed by atoms with Crippen molar-refractivity contribution in [1.82, 2.24) is 0 Å². The Morgan fingerprint density at radius 2 is 2.23 bits per heavy atom. The average Bonchev–Trinajstić information content (AvgIpc) is 2.03. The lowest BCUT2D eigenvalue weighted by Crippen LogP contribution is -2.09. The Hall–Kier alpha value is -1.36. The third-order valence-electron chi connectivity index (χ3n) is 1.38. The molecule has 13 heavy (non-hydrogen) atoms. The lowest BCUT2D eigenvalue weighted by molar-refractivity contribution is 0.112. The summed E-state index contributed by atoms with van der Waals surface area (Å²) in [5.41, 5.74) is 0.586. The standard InChI is InChI=1S/C8H6BrNO3/c9-6-2-1-5(4-11)7(3-6)10-8(12)13/h1-4,10H,(H,12,13). The molecule has 0 saturated carbocycles. The maximum atomic E-state index is 10.5. The van der Waals surface area contributed by atoms with Crippen LogP contribution in [0.2, 0.25) is 0 Å². The van der Waals surface area contributed by atoms with Gasteiger partial charge in [0.25, 0.3) is 0 Å². The number of carbonyl (C=O) groups is 2. The van der Waals surface area contributed by atoms with E-state index in [4.69, 9.17) is 5.11 Å². The number of anilines is 1. The van der Waals surface area contributed by atoms with Crippen LogP contribution in [-0.2, 0) is 0 Å². The van der Waals surface area contributed by atoms with Crippen molar-refractivity contribution in [2.75, 3.05) is 5.32 Å². The minimum absolute atomic E-state index is 0.275. The summed E-state index contributed by atoms with van der Waals surface area (Å²) in [7, 11) is 0. The fourth-order valence-corrected chi connectivity index (χ4v) is 1.22. The van der Waals surface area contributed by atoms with Crippen LogP contribution in [0.4, 0.5) is 10.5 Å². The number of hydrogen-bond donors (Lipinski definition) is 2. The highest BCUT2D eigenvalue weighted by Crippen LogP contribution is 2.19. The molecule has 1 aromatic carbocycles. The summed E-state index contributed by atoms with van der Waals surface area (Å²) in [5.74, 6) is 0. The molecule has 5 heteroatoms. The average molecular weight is 244 g/mol. The van der Waals surface area contributed by atoms with Crippen molar-refractivity contribution in [3.8, 4) is 0 Å². The van der Waals surface area contributed by atoms with Gasteiger partial charge in [-0.15, -0.1) is 0 Å². The summed E-state index contributed by atoms with van der Waals surface area (Å²) in [4.78, 5) is 20.8. The van der Waals surface area contributed by atoms with Gasteiger partial charge in [-0.2, -0.15) is 0 Å². The van der Waals surface area contributed by atoms with E-state index in [2.05, 4.69) is 21.2 Å². The van der Waals surface area contributed by atoms with Crippen molar-refractivity contribution in [3.63, 3.8) is 0 Å². The molecule has 0 aromatic heterocycles. The Kier molecular flexibility index (Phi) is 3.02. The summed E-state index contributed by atoms with van der Waals surface area (Å²) in [6.45, 7) is 0. The fraction of sp³-hybridized carbons (Fsp3) is 0. The van der Waals surface area contributed by atoms with E-state index in [1.54, 1.807) is 6.07 Å². The quantitative estimate of drug-likeness (QED) is 0.784. The monoisotopic (exact) mass is 243 g/mol. The van der Waals surface area contributed by atoms with Gasteiger partial charge >= 0.3 is 6.09 Å². The Bertz CT molecular complexity index is 351. The van der Waals surface area contributed by atoms with Crippen LogP contribution in [0.25, 0.3) is 0 Å². The van der Waals surface area contributed by atoms with E-state index in [1.165, 1.54) is 12.1 Å². The van der Waals surface area contributed by atoms with Crippen molar-refractivity contribution in [3.05, 3.63) is 28.2 Å². The normalized spacial score (nSPS) is 9.31. The first-order valence-corrected chi connectivity index (χ1v) is 4.17. The minimum atomic E-state index is -1.19. The second kappa shape index (κ2) is 4.04. The number of carboxylic acid groups (broad SMARTS) is 1. The molecule has 1 aromatic rings. The molecule has 0 fully saturated rings. The molecule has 4 nitrogen and oxygen atoms in total. The molecule has 68 valence electrons. The molecule has 0 aliphatic carbocycles. The molecule has 0 aliphatic rings. The Balaban J connectivity index is 3.07. The van der Waals surface area contributed by atoms with E-state index in [0.29, 0.717) is 16.3 Å². The maximum Gasteiger partial charge on any atom is 0.409 e. The number of aldehydes is 1. The Morgan fingerprint density at radius 3 is 2.77 bits per heavy atom. The molecule has 1 amide bonds. The highest BCUT2D eigenvalue weighted by Gasteiger charge is 2.04. The van der Waals surface area contributed by atoms with Gasteiger partial charge in [0.1, 0.15) is 0 Å². The van der Waals surface area contributed by atoms with Gasteiger partial charge in [0.15, 0.2) is 6.29 Å². The number of halogens is 1. The molecule has 0 bridgehead atoms. The predicted octanol–water partition coefficient (Wildman–Crippen LogP) is 2.35. The first-order valence-electron chi connectivity index (χ1n) is 3.38. The van der Waals surface area contributed by atoms with E-state index in [9.17, 15) is 9.59 Å². The van der Waals surface area contributed by atoms with Crippen LogP contribution in [0, 0.1) is 0 Å². The van der Waals surface area contributed by atoms with E-state index in [1.807, 2.05) is 0 Å². The molecule has 2 N–H and O–H groups in total. The number of benzene rings is 1. The van der Waals surface area contributed by atoms with Gasteiger partial charge in [0.2, 0.25) is 0 Å². The van der Waals surface area contributed by atoms with Gasteiger partial charge in [-0.25, -0.2) is 4.79 Å². The van der Waals surface area contributed by atoms with Crippen LogP contribution < -0.4 is 5.32 Å². The van der Waals surface area contributed by atoms with Gasteiger partial charge in [-0.1, -0.05) is 15.9 Å². The van der Waals surface area contributed by atoms with Crippen molar-refractivity contribution in [2.24, 2.45) is 0 Å². The molecule has 0 heterocycles. The fourth-order valence-electron chi connectivity index (χ4n) is 0.855. The molecule has 0 radical (unpaired) electrons. The minimum Gasteiger partial charge on any atom is -0.465 e. The molecular formula is C8H6BrNO3. The zero-order valence-electron chi connectivity index (χ0n) is 6.45. The molecule has 0 saturated heterocycles. The van der Waals surface area contributed by atoms with Crippen LogP contribution >= 0.6 is 15.9 Å². The second-order valence-corrected chi connectivity index (χ2v) is 3.20. The summed E-state index contributed by atoms with van der Waals surface area (Å²) >= 11 is 3.17. The van der Waals surface area contributed by atoms with Crippen LogP contribution in [0.3, 0.4) is 0 Å². The van der Waals surface area contributed by atoms with E-state index in [0.717, 1.165) is 0 Å². The lowest BCUT2D eigenvalue weighted by Gasteiger charge is -2.03. The number of hydrogen-bond acceptors (Lipinski definition) is 2. The largest absolute Gasteiger partial charge is 0.465 e. The maximum absolute atomic E-state index is 10.5. The van der Waals surface area contributed by atoms with Crippen LogP contribution in [-0.4, -0.2) is 17.5 Å². The van der Waals surface area contributed by atoms with E-state index in [-0.39, 0.29) is 5.69 Å². The van der Waals surface area contributed by atoms with Gasteiger partial charge in [-0.3, -0.25) is 10.1 Å². The van der Waals surface area contributed by atoms with E-state index >= 15 is 0 Å². The summed E-state index contributed by atoms with van der Waals surface area (Å²) < 4.78 is 0.710. The number of rotatable bonds is 2. The topological polar surface area (TPSA) is 66.4 Å². The van der Waals surface area contributed by atoms with Gasteiger partial charge < -0.3 is 5.11 Å². The SMILES string of the molecule is O=Cc1ccc(Br)cc1NC(=O)O. The van der Waals surface area contributed by atoms with Gasteiger partial charge in [0.05, 0.1) is 5.69 Å². The summed E-state index contributed by atoms with van der Waals surface area (Å²) in [6.07, 6.45) is -0.598.